The maximum absolute atomic E-state index is 5.97. The molecule has 25 heavy (non-hydrogen) atoms. The Hall–Kier alpha value is -1.72. The zero-order valence-electron chi connectivity index (χ0n) is 15.3. The monoisotopic (exact) mass is 407 g/mol. The van der Waals surface area contributed by atoms with Crippen molar-refractivity contribution in [1.82, 2.24) is 5.32 Å². The molecule has 1 N–H and O–H groups in total. The van der Waals surface area contributed by atoms with Crippen LogP contribution in [0.3, 0.4) is 0 Å². The summed E-state index contributed by atoms with van der Waals surface area (Å²) in [6.45, 7) is 5.57. The Labute approximate surface area is 158 Å². The van der Waals surface area contributed by atoms with Gasteiger partial charge in [0.05, 0.1) is 20.3 Å². The highest BCUT2D eigenvalue weighted by molar-refractivity contribution is 9.10. The third kappa shape index (κ3) is 5.65. The SMILES string of the molecule is COc1ccccc1CCNCc1cc(Br)cc(OC)c1OC(C)C. The first-order valence-electron chi connectivity index (χ1n) is 8.40. The molecule has 2 aromatic carbocycles. The first-order chi connectivity index (χ1) is 12.0. The fraction of sp³-hybridized carbons (Fsp3) is 0.400. The Morgan fingerprint density at radius 1 is 1.00 bits per heavy atom. The van der Waals surface area contributed by atoms with E-state index in [1.165, 1.54) is 5.56 Å². The molecule has 2 aromatic rings. The van der Waals surface area contributed by atoms with Gasteiger partial charge < -0.3 is 19.5 Å². The molecule has 0 saturated carbocycles. The van der Waals surface area contributed by atoms with Crippen LogP contribution in [0.5, 0.6) is 17.2 Å². The predicted molar refractivity (Wildman–Crippen MR) is 105 cm³/mol. The van der Waals surface area contributed by atoms with E-state index in [0.717, 1.165) is 40.3 Å². The molecule has 0 heterocycles. The van der Waals surface area contributed by atoms with E-state index in [-0.39, 0.29) is 6.10 Å². The van der Waals surface area contributed by atoms with Gasteiger partial charge >= 0.3 is 0 Å². The molecule has 0 unspecified atom stereocenters. The van der Waals surface area contributed by atoms with Crippen molar-refractivity contribution in [2.45, 2.75) is 32.9 Å². The van der Waals surface area contributed by atoms with Crippen molar-refractivity contribution >= 4 is 15.9 Å². The average molecular weight is 408 g/mol. The summed E-state index contributed by atoms with van der Waals surface area (Å²) in [5, 5.41) is 3.48. The Morgan fingerprint density at radius 3 is 2.40 bits per heavy atom. The van der Waals surface area contributed by atoms with E-state index in [1.807, 2.05) is 38.1 Å². The van der Waals surface area contributed by atoms with Crippen molar-refractivity contribution in [2.75, 3.05) is 20.8 Å². The van der Waals surface area contributed by atoms with E-state index in [4.69, 9.17) is 14.2 Å². The van der Waals surface area contributed by atoms with Gasteiger partial charge in [-0.1, -0.05) is 34.1 Å². The Balaban J connectivity index is 2.03. The van der Waals surface area contributed by atoms with Gasteiger partial charge in [0.15, 0.2) is 11.5 Å². The van der Waals surface area contributed by atoms with E-state index in [9.17, 15) is 0 Å². The number of hydrogen-bond donors (Lipinski definition) is 1. The normalized spacial score (nSPS) is 10.8. The molecule has 0 radical (unpaired) electrons. The van der Waals surface area contributed by atoms with Crippen molar-refractivity contribution in [3.8, 4) is 17.2 Å². The summed E-state index contributed by atoms with van der Waals surface area (Å²) in [4.78, 5) is 0. The second-order valence-corrected chi connectivity index (χ2v) is 6.92. The highest BCUT2D eigenvalue weighted by atomic mass is 79.9. The lowest BCUT2D eigenvalue weighted by Crippen LogP contribution is -2.18. The van der Waals surface area contributed by atoms with Crippen LogP contribution >= 0.6 is 15.9 Å². The molecule has 0 spiro atoms. The van der Waals surface area contributed by atoms with Crippen molar-refractivity contribution in [2.24, 2.45) is 0 Å². The molecular formula is C20H26BrNO3. The molecular weight excluding hydrogens is 382 g/mol. The minimum Gasteiger partial charge on any atom is -0.496 e. The number of nitrogens with one attached hydrogen (secondary N) is 1. The van der Waals surface area contributed by atoms with Crippen LogP contribution < -0.4 is 19.5 Å². The number of rotatable bonds is 9. The first kappa shape index (κ1) is 19.6. The summed E-state index contributed by atoms with van der Waals surface area (Å²) in [6.07, 6.45) is 0.984. The summed E-state index contributed by atoms with van der Waals surface area (Å²) >= 11 is 3.54. The molecule has 0 bridgehead atoms. The molecule has 0 aliphatic carbocycles. The van der Waals surface area contributed by atoms with E-state index in [2.05, 4.69) is 33.4 Å². The highest BCUT2D eigenvalue weighted by Crippen LogP contribution is 2.35. The molecule has 0 amide bonds. The van der Waals surface area contributed by atoms with E-state index in [0.29, 0.717) is 6.54 Å². The Bertz CT molecular complexity index is 689. The van der Waals surface area contributed by atoms with Crippen molar-refractivity contribution < 1.29 is 14.2 Å². The molecule has 0 fully saturated rings. The second-order valence-electron chi connectivity index (χ2n) is 6.00. The molecule has 5 heteroatoms. The van der Waals surface area contributed by atoms with E-state index in [1.54, 1.807) is 14.2 Å². The third-order valence-electron chi connectivity index (χ3n) is 3.75. The van der Waals surface area contributed by atoms with E-state index < -0.39 is 0 Å². The summed E-state index contributed by atoms with van der Waals surface area (Å²) in [7, 11) is 3.36. The number of methoxy groups -OCH3 is 2. The fourth-order valence-corrected chi connectivity index (χ4v) is 3.11. The smallest absolute Gasteiger partial charge is 0.166 e. The van der Waals surface area contributed by atoms with Gasteiger partial charge in [-0.3, -0.25) is 0 Å². The first-order valence-corrected chi connectivity index (χ1v) is 9.20. The number of hydrogen-bond acceptors (Lipinski definition) is 4. The summed E-state index contributed by atoms with van der Waals surface area (Å²) in [6, 6.07) is 12.1. The van der Waals surface area contributed by atoms with Gasteiger partial charge in [-0.25, -0.2) is 0 Å². The highest BCUT2D eigenvalue weighted by Gasteiger charge is 2.14. The predicted octanol–water partition coefficient (Wildman–Crippen LogP) is 4.59. The summed E-state index contributed by atoms with van der Waals surface area (Å²) in [5.74, 6) is 2.47. The van der Waals surface area contributed by atoms with Crippen LogP contribution in [0, 0.1) is 0 Å². The van der Waals surface area contributed by atoms with Crippen LogP contribution in [0.25, 0.3) is 0 Å². The zero-order valence-corrected chi connectivity index (χ0v) is 16.9. The van der Waals surface area contributed by atoms with Crippen LogP contribution in [0.2, 0.25) is 0 Å². The van der Waals surface area contributed by atoms with Crippen LogP contribution in [-0.2, 0) is 13.0 Å². The molecule has 0 aliphatic rings. The topological polar surface area (TPSA) is 39.7 Å². The lowest BCUT2D eigenvalue weighted by molar-refractivity contribution is 0.227. The van der Waals surface area contributed by atoms with Crippen molar-refractivity contribution in [3.63, 3.8) is 0 Å². The molecule has 0 atom stereocenters. The number of benzene rings is 2. The van der Waals surface area contributed by atoms with Crippen LogP contribution in [-0.4, -0.2) is 26.9 Å². The van der Waals surface area contributed by atoms with Gasteiger partial charge in [-0.2, -0.15) is 0 Å². The quantitative estimate of drug-likeness (QED) is 0.617. The van der Waals surface area contributed by atoms with Gasteiger partial charge in [0.1, 0.15) is 5.75 Å². The van der Waals surface area contributed by atoms with E-state index >= 15 is 0 Å². The van der Waals surface area contributed by atoms with Gasteiger partial charge in [0, 0.05) is 16.6 Å². The van der Waals surface area contributed by atoms with Gasteiger partial charge in [0.2, 0.25) is 0 Å². The maximum atomic E-state index is 5.97. The Kier molecular flexibility index (Phi) is 7.59. The van der Waals surface area contributed by atoms with Crippen LogP contribution in [0.15, 0.2) is 40.9 Å². The molecule has 0 saturated heterocycles. The summed E-state index contributed by atoms with van der Waals surface area (Å²) < 4.78 is 17.8. The van der Waals surface area contributed by atoms with Crippen LogP contribution in [0.1, 0.15) is 25.0 Å². The van der Waals surface area contributed by atoms with Gasteiger partial charge in [-0.15, -0.1) is 0 Å². The van der Waals surface area contributed by atoms with Crippen molar-refractivity contribution in [3.05, 3.63) is 52.0 Å². The Morgan fingerprint density at radius 2 is 1.72 bits per heavy atom. The minimum absolute atomic E-state index is 0.0856. The zero-order chi connectivity index (χ0) is 18.2. The molecule has 4 nitrogen and oxygen atoms in total. The maximum Gasteiger partial charge on any atom is 0.166 e. The lowest BCUT2D eigenvalue weighted by atomic mass is 10.1. The third-order valence-corrected chi connectivity index (χ3v) is 4.21. The molecule has 136 valence electrons. The van der Waals surface area contributed by atoms with Gasteiger partial charge in [-0.05, 0) is 50.6 Å². The summed E-state index contributed by atoms with van der Waals surface area (Å²) in [5.41, 5.74) is 2.27. The standard InChI is InChI=1S/C20H26BrNO3/c1-14(2)25-20-16(11-17(21)12-19(20)24-4)13-22-10-9-15-7-5-6-8-18(15)23-3/h5-8,11-12,14,22H,9-10,13H2,1-4H3. The number of halogens is 1. The molecule has 0 aromatic heterocycles. The largest absolute Gasteiger partial charge is 0.496 e. The van der Waals surface area contributed by atoms with Crippen molar-refractivity contribution in [1.29, 1.82) is 0 Å². The lowest BCUT2D eigenvalue weighted by Gasteiger charge is -2.18. The van der Waals surface area contributed by atoms with Gasteiger partial charge in [0.25, 0.3) is 0 Å². The second kappa shape index (κ2) is 9.68. The molecule has 2 rings (SSSR count). The minimum atomic E-state index is 0.0856. The number of para-hydroxylation sites is 1. The number of ether oxygens (including phenoxy) is 3. The molecule has 0 aliphatic heterocycles. The average Bonchev–Trinajstić information content (AvgIpc) is 2.60. The fourth-order valence-electron chi connectivity index (χ4n) is 2.63. The van der Waals surface area contributed by atoms with Crippen LogP contribution in [0.4, 0.5) is 0 Å².